The first kappa shape index (κ1) is 17.9. The van der Waals surface area contributed by atoms with Crippen LogP contribution in [0.4, 0.5) is 0 Å². The van der Waals surface area contributed by atoms with Crippen molar-refractivity contribution in [2.75, 3.05) is 20.3 Å². The molecule has 0 heterocycles. The van der Waals surface area contributed by atoms with Crippen molar-refractivity contribution in [1.82, 2.24) is 5.32 Å². The molecule has 0 aliphatic rings. The SMILES string of the molecule is COCCCC(=O)NCC(Cc1ccc2ccccc2c1)C(=O)O. The van der Waals surface area contributed by atoms with Gasteiger partial charge in [-0.15, -0.1) is 0 Å². The number of carboxylic acid groups (broad SMARTS) is 1. The van der Waals surface area contributed by atoms with Crippen molar-refractivity contribution in [2.45, 2.75) is 19.3 Å². The lowest BCUT2D eigenvalue weighted by Crippen LogP contribution is -2.34. The van der Waals surface area contributed by atoms with Gasteiger partial charge in [0.2, 0.25) is 5.91 Å². The van der Waals surface area contributed by atoms with Crippen LogP contribution in [0.15, 0.2) is 42.5 Å². The molecular formula is C19H23NO4. The van der Waals surface area contributed by atoms with Crippen molar-refractivity contribution in [1.29, 1.82) is 0 Å². The van der Waals surface area contributed by atoms with Crippen molar-refractivity contribution in [3.63, 3.8) is 0 Å². The highest BCUT2D eigenvalue weighted by Crippen LogP contribution is 2.18. The summed E-state index contributed by atoms with van der Waals surface area (Å²) in [5.74, 6) is -1.69. The second-order valence-corrected chi connectivity index (χ2v) is 5.82. The standard InChI is InChI=1S/C19H23NO4/c1-24-10-4-7-18(21)20-13-17(19(22)23)12-14-8-9-15-5-2-3-6-16(15)11-14/h2-3,5-6,8-9,11,17H,4,7,10,12-13H2,1H3,(H,20,21)(H,22,23). The first-order valence-electron chi connectivity index (χ1n) is 8.06. The molecule has 0 spiro atoms. The third-order valence-corrected chi connectivity index (χ3v) is 3.94. The minimum absolute atomic E-state index is 0.133. The number of aliphatic carboxylic acids is 1. The number of hydrogen-bond donors (Lipinski definition) is 2. The molecule has 0 fully saturated rings. The van der Waals surface area contributed by atoms with Gasteiger partial charge in [0.1, 0.15) is 0 Å². The number of carbonyl (C=O) groups excluding carboxylic acids is 1. The number of hydrogen-bond acceptors (Lipinski definition) is 3. The minimum atomic E-state index is -0.902. The number of methoxy groups -OCH3 is 1. The molecule has 0 aliphatic carbocycles. The van der Waals surface area contributed by atoms with E-state index in [-0.39, 0.29) is 12.5 Å². The molecule has 2 aromatic carbocycles. The van der Waals surface area contributed by atoms with Crippen LogP contribution in [0.25, 0.3) is 10.8 Å². The monoisotopic (exact) mass is 329 g/mol. The molecule has 5 nitrogen and oxygen atoms in total. The number of carboxylic acids is 1. The van der Waals surface area contributed by atoms with Gasteiger partial charge in [-0.3, -0.25) is 9.59 Å². The molecule has 2 rings (SSSR count). The summed E-state index contributed by atoms with van der Waals surface area (Å²) < 4.78 is 4.90. The van der Waals surface area contributed by atoms with Crippen LogP contribution >= 0.6 is 0 Å². The van der Waals surface area contributed by atoms with E-state index in [0.717, 1.165) is 16.3 Å². The Morgan fingerprint density at radius 3 is 2.62 bits per heavy atom. The van der Waals surface area contributed by atoms with Crippen LogP contribution in [0.2, 0.25) is 0 Å². The number of rotatable bonds is 9. The lowest BCUT2D eigenvalue weighted by molar-refractivity contribution is -0.141. The zero-order chi connectivity index (χ0) is 17.4. The summed E-state index contributed by atoms with van der Waals surface area (Å²) in [6.45, 7) is 0.654. The third-order valence-electron chi connectivity index (χ3n) is 3.94. The highest BCUT2D eigenvalue weighted by molar-refractivity contribution is 5.83. The van der Waals surface area contributed by atoms with Gasteiger partial charge in [-0.05, 0) is 29.2 Å². The highest BCUT2D eigenvalue weighted by atomic mass is 16.5. The van der Waals surface area contributed by atoms with E-state index in [2.05, 4.69) is 5.32 Å². The molecule has 0 radical (unpaired) electrons. The second kappa shape index (κ2) is 9.03. The summed E-state index contributed by atoms with van der Waals surface area (Å²) in [7, 11) is 1.59. The molecule has 1 unspecified atom stereocenters. The molecule has 2 N–H and O–H groups in total. The lowest BCUT2D eigenvalue weighted by atomic mass is 9.97. The van der Waals surface area contributed by atoms with Crippen molar-refractivity contribution in [2.24, 2.45) is 5.92 Å². The maximum absolute atomic E-state index is 11.7. The maximum atomic E-state index is 11.7. The first-order valence-corrected chi connectivity index (χ1v) is 8.06. The molecule has 1 amide bonds. The van der Waals surface area contributed by atoms with Crippen molar-refractivity contribution in [3.8, 4) is 0 Å². The molecular weight excluding hydrogens is 306 g/mol. The van der Waals surface area contributed by atoms with Crippen molar-refractivity contribution < 1.29 is 19.4 Å². The molecule has 0 saturated carbocycles. The molecule has 0 aliphatic heterocycles. The molecule has 2 aromatic rings. The number of ether oxygens (including phenoxy) is 1. The number of carbonyl (C=O) groups is 2. The van der Waals surface area contributed by atoms with E-state index in [4.69, 9.17) is 4.74 Å². The number of nitrogens with one attached hydrogen (secondary N) is 1. The largest absolute Gasteiger partial charge is 0.481 e. The van der Waals surface area contributed by atoms with Gasteiger partial charge in [-0.25, -0.2) is 0 Å². The number of fused-ring (bicyclic) bond motifs is 1. The van der Waals surface area contributed by atoms with Crippen LogP contribution in [-0.4, -0.2) is 37.2 Å². The fourth-order valence-electron chi connectivity index (χ4n) is 2.60. The Kier molecular flexibility index (Phi) is 6.75. The Morgan fingerprint density at radius 2 is 1.92 bits per heavy atom. The Bertz CT molecular complexity index is 699. The van der Waals surface area contributed by atoms with Gasteiger partial charge in [-0.1, -0.05) is 42.5 Å². The van der Waals surface area contributed by atoms with Crippen LogP contribution < -0.4 is 5.32 Å². The van der Waals surface area contributed by atoms with E-state index < -0.39 is 11.9 Å². The molecule has 0 saturated heterocycles. The van der Waals surface area contributed by atoms with Crippen LogP contribution in [0.1, 0.15) is 18.4 Å². The summed E-state index contributed by atoms with van der Waals surface area (Å²) in [5.41, 5.74) is 0.953. The Hall–Kier alpha value is -2.40. The lowest BCUT2D eigenvalue weighted by Gasteiger charge is -2.14. The van der Waals surface area contributed by atoms with E-state index in [0.29, 0.717) is 25.9 Å². The van der Waals surface area contributed by atoms with Gasteiger partial charge in [0, 0.05) is 26.7 Å². The third kappa shape index (κ3) is 5.35. The summed E-state index contributed by atoms with van der Waals surface area (Å²) in [4.78, 5) is 23.2. The molecule has 24 heavy (non-hydrogen) atoms. The van der Waals surface area contributed by atoms with Gasteiger partial charge >= 0.3 is 5.97 Å². The van der Waals surface area contributed by atoms with Crippen LogP contribution in [0.5, 0.6) is 0 Å². The predicted octanol–water partition coefficient (Wildman–Crippen LogP) is 2.63. The Balaban J connectivity index is 1.94. The molecule has 0 aromatic heterocycles. The highest BCUT2D eigenvalue weighted by Gasteiger charge is 2.19. The van der Waals surface area contributed by atoms with E-state index >= 15 is 0 Å². The normalized spacial score (nSPS) is 12.0. The number of benzene rings is 2. The van der Waals surface area contributed by atoms with Crippen molar-refractivity contribution >= 4 is 22.6 Å². The smallest absolute Gasteiger partial charge is 0.308 e. The van der Waals surface area contributed by atoms with Crippen LogP contribution in [-0.2, 0) is 20.7 Å². The summed E-state index contributed by atoms with van der Waals surface area (Å²) in [6, 6.07) is 13.9. The van der Waals surface area contributed by atoms with Gasteiger partial charge in [-0.2, -0.15) is 0 Å². The quantitative estimate of drug-likeness (QED) is 0.694. The zero-order valence-electron chi connectivity index (χ0n) is 13.8. The van der Waals surface area contributed by atoms with Gasteiger partial charge < -0.3 is 15.2 Å². The summed E-state index contributed by atoms with van der Waals surface area (Å²) >= 11 is 0. The van der Waals surface area contributed by atoms with Crippen molar-refractivity contribution in [3.05, 3.63) is 48.0 Å². The predicted molar refractivity (Wildman–Crippen MR) is 92.9 cm³/mol. The average Bonchev–Trinajstić information content (AvgIpc) is 2.58. The maximum Gasteiger partial charge on any atom is 0.308 e. The van der Waals surface area contributed by atoms with Gasteiger partial charge in [0.15, 0.2) is 0 Å². The van der Waals surface area contributed by atoms with Crippen LogP contribution in [0.3, 0.4) is 0 Å². The number of amides is 1. The molecule has 5 heteroatoms. The van der Waals surface area contributed by atoms with Gasteiger partial charge in [0.25, 0.3) is 0 Å². The topological polar surface area (TPSA) is 75.6 Å². The summed E-state index contributed by atoms with van der Waals surface area (Å²) in [6.07, 6.45) is 1.36. The Morgan fingerprint density at radius 1 is 1.17 bits per heavy atom. The van der Waals surface area contributed by atoms with E-state index in [9.17, 15) is 14.7 Å². The Labute approximate surface area is 141 Å². The first-order chi connectivity index (χ1) is 11.6. The molecule has 0 bridgehead atoms. The summed E-state index contributed by atoms with van der Waals surface area (Å²) in [5, 5.41) is 14.3. The van der Waals surface area contributed by atoms with Crippen LogP contribution in [0, 0.1) is 5.92 Å². The van der Waals surface area contributed by atoms with Gasteiger partial charge in [0.05, 0.1) is 5.92 Å². The average molecular weight is 329 g/mol. The second-order valence-electron chi connectivity index (χ2n) is 5.82. The van der Waals surface area contributed by atoms with E-state index in [1.807, 2.05) is 42.5 Å². The molecule has 1 atom stereocenters. The van der Waals surface area contributed by atoms with E-state index in [1.54, 1.807) is 7.11 Å². The fraction of sp³-hybridized carbons (Fsp3) is 0.368. The van der Waals surface area contributed by atoms with E-state index in [1.165, 1.54) is 0 Å². The zero-order valence-corrected chi connectivity index (χ0v) is 13.8. The fourth-order valence-corrected chi connectivity index (χ4v) is 2.60. The minimum Gasteiger partial charge on any atom is -0.481 e. The molecule has 128 valence electrons.